The van der Waals surface area contributed by atoms with Gasteiger partial charge in [0.2, 0.25) is 0 Å². The minimum absolute atomic E-state index is 0.203. The molecule has 0 N–H and O–H groups in total. The Hall–Kier alpha value is -0.690. The van der Waals surface area contributed by atoms with Crippen molar-refractivity contribution in [1.29, 1.82) is 0 Å². The molecule has 1 saturated heterocycles. The highest BCUT2D eigenvalue weighted by molar-refractivity contribution is 6.21. The molecule has 0 amide bonds. The monoisotopic (exact) mass is 194 g/mol. The highest BCUT2D eigenvalue weighted by Gasteiger charge is 2.17. The zero-order valence-corrected chi connectivity index (χ0v) is 8.24. The van der Waals surface area contributed by atoms with Crippen molar-refractivity contribution in [2.24, 2.45) is 0 Å². The number of halogens is 1. The van der Waals surface area contributed by atoms with Gasteiger partial charge in [-0.15, -0.1) is 11.6 Å². The number of alkyl halides is 1. The van der Waals surface area contributed by atoms with Crippen LogP contribution in [-0.4, -0.2) is 18.5 Å². The van der Waals surface area contributed by atoms with Gasteiger partial charge in [0.25, 0.3) is 0 Å². The van der Waals surface area contributed by atoms with Gasteiger partial charge in [0, 0.05) is 18.8 Å². The van der Waals surface area contributed by atoms with Crippen LogP contribution < -0.4 is 4.90 Å². The van der Waals surface area contributed by atoms with Gasteiger partial charge in [-0.3, -0.25) is 0 Å². The second-order valence-corrected chi connectivity index (χ2v) is 3.88. The first-order chi connectivity index (χ1) is 6.36. The van der Waals surface area contributed by atoms with E-state index < -0.39 is 0 Å². The molecule has 1 aliphatic rings. The Balaban J connectivity index is 2.08. The molecule has 1 nitrogen and oxygen atoms in total. The third-order valence-corrected chi connectivity index (χ3v) is 2.65. The number of hydrogen-bond acceptors (Lipinski definition) is 1. The highest BCUT2D eigenvalue weighted by Crippen LogP contribution is 2.21. The van der Waals surface area contributed by atoms with E-state index in [-0.39, 0.29) is 5.38 Å². The van der Waals surface area contributed by atoms with Crippen LogP contribution in [0.5, 0.6) is 0 Å². The average Bonchev–Trinajstić information content (AvgIpc) is 2.19. The van der Waals surface area contributed by atoms with Crippen LogP contribution in [0.1, 0.15) is 6.42 Å². The number of rotatable bonds is 1. The Labute approximate surface area is 84.3 Å². The molecule has 0 saturated carbocycles. The van der Waals surface area contributed by atoms with Crippen LogP contribution >= 0.6 is 11.6 Å². The summed E-state index contributed by atoms with van der Waals surface area (Å²) in [6.07, 6.45) is 3.27. The van der Waals surface area contributed by atoms with Gasteiger partial charge >= 0.3 is 0 Å². The molecule has 1 unspecified atom stereocenters. The molecule has 0 aliphatic carbocycles. The van der Waals surface area contributed by atoms with Gasteiger partial charge < -0.3 is 4.90 Å². The SMILES string of the molecule is ClC1[CH]CCN(c2ccccc2)C1. The third-order valence-electron chi connectivity index (χ3n) is 2.34. The molecule has 13 heavy (non-hydrogen) atoms. The fraction of sp³-hybridized carbons (Fsp3) is 0.364. The van der Waals surface area contributed by atoms with Crippen molar-refractivity contribution in [3.05, 3.63) is 36.8 Å². The van der Waals surface area contributed by atoms with Crippen molar-refractivity contribution in [3.63, 3.8) is 0 Å². The van der Waals surface area contributed by atoms with Crippen LogP contribution in [-0.2, 0) is 0 Å². The summed E-state index contributed by atoms with van der Waals surface area (Å²) in [5.41, 5.74) is 1.28. The summed E-state index contributed by atoms with van der Waals surface area (Å²) in [7, 11) is 0. The molecule has 69 valence electrons. The quantitative estimate of drug-likeness (QED) is 0.622. The van der Waals surface area contributed by atoms with Gasteiger partial charge in [-0.25, -0.2) is 0 Å². The van der Waals surface area contributed by atoms with Gasteiger partial charge in [-0.2, -0.15) is 0 Å². The third kappa shape index (κ3) is 2.16. The maximum absolute atomic E-state index is 6.06. The van der Waals surface area contributed by atoms with Crippen LogP contribution in [0.3, 0.4) is 0 Å². The maximum atomic E-state index is 6.06. The van der Waals surface area contributed by atoms with E-state index in [0.29, 0.717) is 0 Å². The number of nitrogens with zero attached hydrogens (tertiary/aromatic N) is 1. The first kappa shape index (κ1) is 8.89. The molecule has 1 atom stereocenters. The number of para-hydroxylation sites is 1. The lowest BCUT2D eigenvalue weighted by Crippen LogP contribution is -2.36. The molecule has 0 spiro atoms. The molecule has 1 aliphatic heterocycles. The van der Waals surface area contributed by atoms with E-state index in [1.165, 1.54) is 5.69 Å². The highest BCUT2D eigenvalue weighted by atomic mass is 35.5. The van der Waals surface area contributed by atoms with Crippen molar-refractivity contribution >= 4 is 17.3 Å². The van der Waals surface area contributed by atoms with Gasteiger partial charge in [-0.1, -0.05) is 18.2 Å². The minimum atomic E-state index is 0.203. The van der Waals surface area contributed by atoms with E-state index in [1.807, 2.05) is 6.07 Å². The van der Waals surface area contributed by atoms with E-state index >= 15 is 0 Å². The van der Waals surface area contributed by atoms with E-state index in [0.717, 1.165) is 19.5 Å². The molecule has 2 rings (SSSR count). The van der Waals surface area contributed by atoms with E-state index in [4.69, 9.17) is 11.6 Å². The normalized spacial score (nSPS) is 23.2. The van der Waals surface area contributed by atoms with E-state index in [9.17, 15) is 0 Å². The Morgan fingerprint density at radius 2 is 2.00 bits per heavy atom. The molecule has 1 aromatic carbocycles. The van der Waals surface area contributed by atoms with Crippen LogP contribution in [0.2, 0.25) is 0 Å². The lowest BCUT2D eigenvalue weighted by molar-refractivity contribution is 0.684. The van der Waals surface area contributed by atoms with Crippen LogP contribution in [0, 0.1) is 6.42 Å². The molecule has 0 bridgehead atoms. The van der Waals surface area contributed by atoms with Crippen LogP contribution in [0.15, 0.2) is 30.3 Å². The second kappa shape index (κ2) is 4.01. The zero-order valence-electron chi connectivity index (χ0n) is 7.49. The van der Waals surface area contributed by atoms with Gasteiger partial charge in [0.05, 0.1) is 5.38 Å². The van der Waals surface area contributed by atoms with Crippen molar-refractivity contribution in [2.45, 2.75) is 11.8 Å². The molecule has 1 aromatic rings. The maximum Gasteiger partial charge on any atom is 0.0543 e. The first-order valence-electron chi connectivity index (χ1n) is 4.63. The molecule has 1 fully saturated rings. The molecule has 0 aromatic heterocycles. The zero-order chi connectivity index (χ0) is 9.10. The standard InChI is InChI=1S/C11H13ClN/c12-10-5-4-8-13(9-10)11-6-2-1-3-7-11/h1-3,5-7,10H,4,8-9H2. The van der Waals surface area contributed by atoms with Gasteiger partial charge in [0.15, 0.2) is 0 Å². The topological polar surface area (TPSA) is 3.24 Å². The predicted octanol–water partition coefficient (Wildman–Crippen LogP) is 2.71. The Morgan fingerprint density at radius 1 is 1.23 bits per heavy atom. The first-order valence-corrected chi connectivity index (χ1v) is 5.07. The van der Waals surface area contributed by atoms with Gasteiger partial charge in [0.1, 0.15) is 0 Å². The fourth-order valence-corrected chi connectivity index (χ4v) is 1.95. The molecular weight excluding hydrogens is 182 g/mol. The van der Waals surface area contributed by atoms with Crippen molar-refractivity contribution in [1.82, 2.24) is 0 Å². The lowest BCUT2D eigenvalue weighted by atomic mass is 10.1. The summed E-state index contributed by atoms with van der Waals surface area (Å²) in [6.45, 7) is 2.03. The van der Waals surface area contributed by atoms with Crippen molar-refractivity contribution < 1.29 is 0 Å². The van der Waals surface area contributed by atoms with Crippen molar-refractivity contribution in [2.75, 3.05) is 18.0 Å². The average molecular weight is 195 g/mol. The molecule has 1 heterocycles. The summed E-state index contributed by atoms with van der Waals surface area (Å²) in [6, 6.07) is 10.4. The summed E-state index contributed by atoms with van der Waals surface area (Å²) in [5.74, 6) is 0. The number of hydrogen-bond donors (Lipinski definition) is 0. The number of benzene rings is 1. The number of piperidine rings is 1. The lowest BCUT2D eigenvalue weighted by Gasteiger charge is -2.31. The second-order valence-electron chi connectivity index (χ2n) is 3.32. The summed E-state index contributed by atoms with van der Waals surface area (Å²) in [4.78, 5) is 2.33. The summed E-state index contributed by atoms with van der Waals surface area (Å²) in [5, 5.41) is 0.203. The Kier molecular flexibility index (Phi) is 2.74. The van der Waals surface area contributed by atoms with Crippen LogP contribution in [0.25, 0.3) is 0 Å². The molecule has 1 radical (unpaired) electrons. The largest absolute Gasteiger partial charge is 0.370 e. The number of anilines is 1. The predicted molar refractivity (Wildman–Crippen MR) is 57.2 cm³/mol. The van der Waals surface area contributed by atoms with Gasteiger partial charge in [-0.05, 0) is 25.0 Å². The summed E-state index contributed by atoms with van der Waals surface area (Å²) >= 11 is 6.06. The Bertz CT molecular complexity index is 260. The Morgan fingerprint density at radius 3 is 2.69 bits per heavy atom. The minimum Gasteiger partial charge on any atom is -0.370 e. The molecule has 2 heteroatoms. The van der Waals surface area contributed by atoms with Crippen LogP contribution in [0.4, 0.5) is 5.69 Å². The fourth-order valence-electron chi connectivity index (χ4n) is 1.66. The van der Waals surface area contributed by atoms with E-state index in [2.05, 4.69) is 35.6 Å². The molecular formula is C11H13ClN. The smallest absolute Gasteiger partial charge is 0.0543 e. The summed E-state index contributed by atoms with van der Waals surface area (Å²) < 4.78 is 0. The van der Waals surface area contributed by atoms with E-state index in [1.54, 1.807) is 0 Å². The van der Waals surface area contributed by atoms with Crippen molar-refractivity contribution in [3.8, 4) is 0 Å².